The molecule has 0 heterocycles. The molecule has 2 aliphatic carbocycles. The second-order valence-corrected chi connectivity index (χ2v) is 7.39. The van der Waals surface area contributed by atoms with Crippen molar-refractivity contribution in [3.8, 4) is 0 Å². The van der Waals surface area contributed by atoms with Gasteiger partial charge in [0, 0.05) is 19.2 Å². The Balaban J connectivity index is 1.82. The van der Waals surface area contributed by atoms with Crippen molar-refractivity contribution in [2.45, 2.75) is 90.2 Å². The fourth-order valence-electron chi connectivity index (χ4n) is 3.50. The number of hydrogen-bond donors (Lipinski definition) is 1. The molecule has 1 N–H and O–H groups in total. The third-order valence-electron chi connectivity index (χ3n) is 5.34. The number of ether oxygens (including phenoxy) is 1. The fourth-order valence-corrected chi connectivity index (χ4v) is 3.50. The molecule has 0 spiro atoms. The fraction of sp³-hybridized carbons (Fsp3) is 1.00. The normalized spacial score (nSPS) is 32.2. The Kier molecular flexibility index (Phi) is 6.35. The molecule has 2 heteroatoms. The van der Waals surface area contributed by atoms with Crippen molar-refractivity contribution >= 4 is 0 Å². The summed E-state index contributed by atoms with van der Waals surface area (Å²) >= 11 is 0. The van der Waals surface area contributed by atoms with E-state index in [1.54, 1.807) is 0 Å². The maximum absolute atomic E-state index is 6.49. The summed E-state index contributed by atoms with van der Waals surface area (Å²) in [6, 6.07) is 0.799. The standard InChI is InChI=1S/C18H35NO/c1-4-6-15(3)13-20-18(14-19-17-7-8-17)11-9-16(5-2)10-12-18/h15-17,19H,4-14H2,1-3H3. The molecule has 0 aliphatic heterocycles. The van der Waals surface area contributed by atoms with Gasteiger partial charge in [0.1, 0.15) is 0 Å². The highest BCUT2D eigenvalue weighted by Gasteiger charge is 2.37. The van der Waals surface area contributed by atoms with E-state index in [-0.39, 0.29) is 5.60 Å². The molecule has 2 rings (SSSR count). The van der Waals surface area contributed by atoms with Gasteiger partial charge in [-0.1, -0.05) is 33.6 Å². The molecular formula is C18H35NO. The summed E-state index contributed by atoms with van der Waals surface area (Å²) in [5, 5.41) is 3.73. The highest BCUT2D eigenvalue weighted by Crippen LogP contribution is 2.37. The molecule has 0 aromatic rings. The molecule has 0 saturated heterocycles. The zero-order valence-electron chi connectivity index (χ0n) is 13.9. The second kappa shape index (κ2) is 7.79. The van der Waals surface area contributed by atoms with E-state index in [0.29, 0.717) is 5.92 Å². The Bertz CT molecular complexity index is 267. The number of rotatable bonds is 9. The van der Waals surface area contributed by atoms with E-state index in [2.05, 4.69) is 26.1 Å². The van der Waals surface area contributed by atoms with Gasteiger partial charge in [-0.15, -0.1) is 0 Å². The minimum Gasteiger partial charge on any atom is -0.373 e. The first-order valence-electron chi connectivity index (χ1n) is 9.04. The minimum absolute atomic E-state index is 0.149. The predicted molar refractivity (Wildman–Crippen MR) is 86.0 cm³/mol. The van der Waals surface area contributed by atoms with E-state index in [1.807, 2.05) is 0 Å². The van der Waals surface area contributed by atoms with Gasteiger partial charge in [0.05, 0.1) is 5.60 Å². The topological polar surface area (TPSA) is 21.3 Å². The molecular weight excluding hydrogens is 246 g/mol. The molecule has 118 valence electrons. The van der Waals surface area contributed by atoms with Crippen molar-refractivity contribution in [2.24, 2.45) is 11.8 Å². The van der Waals surface area contributed by atoms with Crippen LogP contribution in [0.25, 0.3) is 0 Å². The molecule has 1 unspecified atom stereocenters. The number of hydrogen-bond acceptors (Lipinski definition) is 2. The molecule has 0 radical (unpaired) electrons. The van der Waals surface area contributed by atoms with Crippen LogP contribution in [0.5, 0.6) is 0 Å². The zero-order chi connectivity index (χ0) is 14.4. The highest BCUT2D eigenvalue weighted by molar-refractivity contribution is 4.92. The molecule has 0 aromatic heterocycles. The van der Waals surface area contributed by atoms with Crippen LogP contribution in [-0.2, 0) is 4.74 Å². The van der Waals surface area contributed by atoms with Crippen molar-refractivity contribution in [3.63, 3.8) is 0 Å². The van der Waals surface area contributed by atoms with Gasteiger partial charge in [0.2, 0.25) is 0 Å². The Morgan fingerprint density at radius 3 is 2.40 bits per heavy atom. The van der Waals surface area contributed by atoms with Crippen LogP contribution in [-0.4, -0.2) is 24.8 Å². The molecule has 2 nitrogen and oxygen atoms in total. The van der Waals surface area contributed by atoms with Crippen LogP contribution in [0.3, 0.4) is 0 Å². The summed E-state index contributed by atoms with van der Waals surface area (Å²) in [6.07, 6.45) is 11.9. The van der Waals surface area contributed by atoms with E-state index in [9.17, 15) is 0 Å². The van der Waals surface area contributed by atoms with Gasteiger partial charge in [0.15, 0.2) is 0 Å². The maximum Gasteiger partial charge on any atom is 0.0806 e. The predicted octanol–water partition coefficient (Wildman–Crippen LogP) is 4.53. The van der Waals surface area contributed by atoms with Crippen molar-refractivity contribution < 1.29 is 4.74 Å². The second-order valence-electron chi connectivity index (χ2n) is 7.39. The monoisotopic (exact) mass is 281 g/mol. The van der Waals surface area contributed by atoms with Crippen LogP contribution in [0.2, 0.25) is 0 Å². The number of nitrogens with one attached hydrogen (secondary N) is 1. The smallest absolute Gasteiger partial charge is 0.0806 e. The Labute approximate surface area is 126 Å². The first kappa shape index (κ1) is 16.3. The van der Waals surface area contributed by atoms with Gasteiger partial charge in [-0.25, -0.2) is 0 Å². The van der Waals surface area contributed by atoms with Crippen LogP contribution in [0, 0.1) is 11.8 Å². The van der Waals surface area contributed by atoms with E-state index < -0.39 is 0 Å². The summed E-state index contributed by atoms with van der Waals surface area (Å²) in [7, 11) is 0. The summed E-state index contributed by atoms with van der Waals surface area (Å²) in [4.78, 5) is 0. The third kappa shape index (κ3) is 5.04. The quantitative estimate of drug-likeness (QED) is 0.670. The van der Waals surface area contributed by atoms with E-state index in [4.69, 9.17) is 4.74 Å². The average Bonchev–Trinajstić information content (AvgIpc) is 3.29. The van der Waals surface area contributed by atoms with E-state index in [1.165, 1.54) is 57.8 Å². The van der Waals surface area contributed by atoms with Crippen molar-refractivity contribution in [2.75, 3.05) is 13.2 Å². The van der Waals surface area contributed by atoms with Crippen LogP contribution >= 0.6 is 0 Å². The van der Waals surface area contributed by atoms with Gasteiger partial charge in [-0.3, -0.25) is 0 Å². The van der Waals surface area contributed by atoms with Crippen LogP contribution in [0.4, 0.5) is 0 Å². The lowest BCUT2D eigenvalue weighted by Crippen LogP contribution is -2.47. The molecule has 0 amide bonds. The van der Waals surface area contributed by atoms with Crippen LogP contribution < -0.4 is 5.32 Å². The Morgan fingerprint density at radius 1 is 1.15 bits per heavy atom. The zero-order valence-corrected chi connectivity index (χ0v) is 13.9. The van der Waals surface area contributed by atoms with Gasteiger partial charge >= 0.3 is 0 Å². The van der Waals surface area contributed by atoms with E-state index >= 15 is 0 Å². The van der Waals surface area contributed by atoms with Gasteiger partial charge in [-0.05, 0) is 56.8 Å². The van der Waals surface area contributed by atoms with E-state index in [0.717, 1.165) is 25.1 Å². The molecule has 2 aliphatic rings. The van der Waals surface area contributed by atoms with Gasteiger partial charge in [0.25, 0.3) is 0 Å². The van der Waals surface area contributed by atoms with Crippen molar-refractivity contribution in [1.29, 1.82) is 0 Å². The molecule has 20 heavy (non-hydrogen) atoms. The molecule has 2 fully saturated rings. The molecule has 0 bridgehead atoms. The lowest BCUT2D eigenvalue weighted by Gasteiger charge is -2.41. The average molecular weight is 281 g/mol. The lowest BCUT2D eigenvalue weighted by molar-refractivity contribution is -0.0881. The van der Waals surface area contributed by atoms with Gasteiger partial charge in [-0.2, -0.15) is 0 Å². The first-order chi connectivity index (χ1) is 9.67. The summed E-state index contributed by atoms with van der Waals surface area (Å²) in [5.74, 6) is 1.66. The first-order valence-corrected chi connectivity index (χ1v) is 9.04. The lowest BCUT2D eigenvalue weighted by atomic mass is 9.77. The summed E-state index contributed by atoms with van der Waals surface area (Å²) in [6.45, 7) is 8.99. The molecule has 1 atom stereocenters. The summed E-state index contributed by atoms with van der Waals surface area (Å²) in [5.41, 5.74) is 0.149. The van der Waals surface area contributed by atoms with Crippen LogP contribution in [0.1, 0.15) is 78.6 Å². The largest absolute Gasteiger partial charge is 0.373 e. The Morgan fingerprint density at radius 2 is 1.85 bits per heavy atom. The highest BCUT2D eigenvalue weighted by atomic mass is 16.5. The Hall–Kier alpha value is -0.0800. The van der Waals surface area contributed by atoms with Crippen molar-refractivity contribution in [3.05, 3.63) is 0 Å². The SMILES string of the molecule is CCCC(C)COC1(CNC2CC2)CCC(CC)CC1. The van der Waals surface area contributed by atoms with Crippen molar-refractivity contribution in [1.82, 2.24) is 5.32 Å². The third-order valence-corrected chi connectivity index (χ3v) is 5.34. The van der Waals surface area contributed by atoms with Gasteiger partial charge < -0.3 is 10.1 Å². The van der Waals surface area contributed by atoms with Crippen LogP contribution in [0.15, 0.2) is 0 Å². The minimum atomic E-state index is 0.149. The summed E-state index contributed by atoms with van der Waals surface area (Å²) < 4.78 is 6.49. The molecule has 0 aromatic carbocycles. The molecule has 2 saturated carbocycles. The maximum atomic E-state index is 6.49.